The SMILES string of the molecule is CN=C1NC(=O)C(C)(c2cc(F)cc(F)c2)N1. The predicted molar refractivity (Wildman–Crippen MR) is 58.3 cm³/mol. The van der Waals surface area contributed by atoms with Crippen LogP contribution in [0.25, 0.3) is 0 Å². The number of guanidine groups is 1. The van der Waals surface area contributed by atoms with Gasteiger partial charge in [-0.1, -0.05) is 0 Å². The van der Waals surface area contributed by atoms with Gasteiger partial charge in [0.15, 0.2) is 5.96 Å². The molecule has 1 amide bonds. The van der Waals surface area contributed by atoms with Crippen molar-refractivity contribution in [2.24, 2.45) is 4.99 Å². The average Bonchev–Trinajstić information content (AvgIpc) is 2.55. The van der Waals surface area contributed by atoms with Gasteiger partial charge < -0.3 is 5.32 Å². The third-order valence-corrected chi connectivity index (χ3v) is 2.72. The van der Waals surface area contributed by atoms with Crippen molar-refractivity contribution in [3.05, 3.63) is 35.4 Å². The van der Waals surface area contributed by atoms with Crippen molar-refractivity contribution in [1.82, 2.24) is 10.6 Å². The number of rotatable bonds is 1. The topological polar surface area (TPSA) is 53.5 Å². The predicted octanol–water partition coefficient (Wildman–Crippen LogP) is 0.885. The lowest BCUT2D eigenvalue weighted by Crippen LogP contribution is -2.40. The molecule has 0 spiro atoms. The van der Waals surface area contributed by atoms with E-state index in [0.717, 1.165) is 18.2 Å². The summed E-state index contributed by atoms with van der Waals surface area (Å²) in [5.41, 5.74) is -0.997. The Kier molecular flexibility index (Phi) is 2.57. The zero-order chi connectivity index (χ0) is 12.6. The van der Waals surface area contributed by atoms with Crippen LogP contribution in [-0.2, 0) is 10.3 Å². The lowest BCUT2D eigenvalue weighted by molar-refractivity contribution is -0.123. The van der Waals surface area contributed by atoms with Gasteiger partial charge in [-0.2, -0.15) is 0 Å². The van der Waals surface area contributed by atoms with E-state index >= 15 is 0 Å². The second-order valence-corrected chi connectivity index (χ2v) is 3.93. The second kappa shape index (κ2) is 3.80. The molecule has 6 heteroatoms. The first kappa shape index (κ1) is 11.5. The molecule has 0 aliphatic carbocycles. The van der Waals surface area contributed by atoms with E-state index < -0.39 is 23.1 Å². The molecular weight excluding hydrogens is 228 g/mol. The minimum atomic E-state index is -1.21. The summed E-state index contributed by atoms with van der Waals surface area (Å²) in [6.45, 7) is 1.54. The molecule has 2 N–H and O–H groups in total. The first-order valence-electron chi connectivity index (χ1n) is 4.98. The van der Waals surface area contributed by atoms with E-state index in [1.807, 2.05) is 0 Å². The monoisotopic (exact) mass is 239 g/mol. The summed E-state index contributed by atoms with van der Waals surface area (Å²) < 4.78 is 26.3. The van der Waals surface area contributed by atoms with Crippen molar-refractivity contribution in [3.63, 3.8) is 0 Å². The largest absolute Gasteiger partial charge is 0.338 e. The molecule has 1 aliphatic heterocycles. The number of hydrogen-bond acceptors (Lipinski definition) is 2. The van der Waals surface area contributed by atoms with Crippen molar-refractivity contribution in [1.29, 1.82) is 0 Å². The number of carbonyl (C=O) groups is 1. The van der Waals surface area contributed by atoms with Crippen LogP contribution in [-0.4, -0.2) is 18.9 Å². The van der Waals surface area contributed by atoms with Crippen LogP contribution in [0.1, 0.15) is 12.5 Å². The molecule has 1 aromatic rings. The van der Waals surface area contributed by atoms with E-state index in [2.05, 4.69) is 15.6 Å². The fourth-order valence-corrected chi connectivity index (χ4v) is 1.71. The Labute approximate surface area is 96.7 Å². The Morgan fingerprint density at radius 2 is 1.82 bits per heavy atom. The molecular formula is C11H11F2N3O. The highest BCUT2D eigenvalue weighted by Gasteiger charge is 2.42. The summed E-state index contributed by atoms with van der Waals surface area (Å²) >= 11 is 0. The molecule has 0 bridgehead atoms. The van der Waals surface area contributed by atoms with E-state index in [1.165, 1.54) is 14.0 Å². The van der Waals surface area contributed by atoms with Gasteiger partial charge in [0.1, 0.15) is 17.2 Å². The fourth-order valence-electron chi connectivity index (χ4n) is 1.71. The molecule has 1 atom stereocenters. The summed E-state index contributed by atoms with van der Waals surface area (Å²) in [5.74, 6) is -1.57. The molecule has 17 heavy (non-hydrogen) atoms. The molecule has 1 unspecified atom stereocenters. The van der Waals surface area contributed by atoms with Crippen LogP contribution in [0, 0.1) is 11.6 Å². The van der Waals surface area contributed by atoms with Crippen LogP contribution in [0.2, 0.25) is 0 Å². The Morgan fingerprint density at radius 3 is 2.29 bits per heavy atom. The van der Waals surface area contributed by atoms with Crippen molar-refractivity contribution >= 4 is 11.9 Å². The normalized spacial score (nSPS) is 25.9. The standard InChI is InChI=1S/C11H11F2N3O/c1-11(9(17)15-10(14-2)16-11)6-3-7(12)5-8(13)4-6/h3-5H,1-2H3,(H2,14,15,16,17). The molecule has 2 rings (SSSR count). The van der Waals surface area contributed by atoms with Gasteiger partial charge in [-0.15, -0.1) is 0 Å². The van der Waals surface area contributed by atoms with Gasteiger partial charge in [0.25, 0.3) is 5.91 Å². The number of halogens is 2. The first-order chi connectivity index (χ1) is 7.95. The van der Waals surface area contributed by atoms with E-state index in [9.17, 15) is 13.6 Å². The van der Waals surface area contributed by atoms with Crippen LogP contribution >= 0.6 is 0 Å². The van der Waals surface area contributed by atoms with Crippen LogP contribution in [0.15, 0.2) is 23.2 Å². The van der Waals surface area contributed by atoms with Gasteiger partial charge in [0.2, 0.25) is 0 Å². The molecule has 0 radical (unpaired) electrons. The number of benzene rings is 1. The van der Waals surface area contributed by atoms with Gasteiger partial charge in [-0.05, 0) is 24.6 Å². The molecule has 1 saturated heterocycles. The number of carbonyl (C=O) groups excluding carboxylic acids is 1. The van der Waals surface area contributed by atoms with Gasteiger partial charge in [-0.3, -0.25) is 15.1 Å². The fraction of sp³-hybridized carbons (Fsp3) is 0.273. The molecule has 1 aliphatic rings. The van der Waals surface area contributed by atoms with E-state index in [-0.39, 0.29) is 11.5 Å². The number of aliphatic imine (C=N–C) groups is 1. The summed E-state index contributed by atoms with van der Waals surface area (Å²) in [6.07, 6.45) is 0. The van der Waals surface area contributed by atoms with Crippen LogP contribution < -0.4 is 10.6 Å². The zero-order valence-electron chi connectivity index (χ0n) is 9.34. The Bertz CT molecular complexity index is 495. The van der Waals surface area contributed by atoms with Crippen molar-refractivity contribution in [2.75, 3.05) is 7.05 Å². The highest BCUT2D eigenvalue weighted by Crippen LogP contribution is 2.25. The lowest BCUT2D eigenvalue weighted by atomic mass is 9.92. The van der Waals surface area contributed by atoms with E-state index in [4.69, 9.17) is 0 Å². The van der Waals surface area contributed by atoms with E-state index in [1.54, 1.807) is 0 Å². The van der Waals surface area contributed by atoms with Gasteiger partial charge in [-0.25, -0.2) is 8.78 Å². The van der Waals surface area contributed by atoms with Crippen molar-refractivity contribution < 1.29 is 13.6 Å². The number of amides is 1. The second-order valence-electron chi connectivity index (χ2n) is 3.93. The summed E-state index contributed by atoms with van der Waals surface area (Å²) in [5, 5.41) is 5.28. The highest BCUT2D eigenvalue weighted by atomic mass is 19.1. The lowest BCUT2D eigenvalue weighted by Gasteiger charge is -2.21. The number of nitrogens with one attached hydrogen (secondary N) is 2. The highest BCUT2D eigenvalue weighted by molar-refractivity contribution is 6.09. The molecule has 0 aromatic heterocycles. The Balaban J connectivity index is 2.48. The number of hydrogen-bond donors (Lipinski definition) is 2. The maximum atomic E-state index is 13.1. The summed E-state index contributed by atoms with van der Waals surface area (Å²) in [6, 6.07) is 3.00. The third-order valence-electron chi connectivity index (χ3n) is 2.72. The molecule has 1 heterocycles. The van der Waals surface area contributed by atoms with Gasteiger partial charge >= 0.3 is 0 Å². The Morgan fingerprint density at radius 1 is 1.24 bits per heavy atom. The quantitative estimate of drug-likeness (QED) is 0.764. The molecule has 1 aromatic carbocycles. The maximum Gasteiger partial charge on any atom is 0.256 e. The minimum Gasteiger partial charge on any atom is -0.338 e. The summed E-state index contributed by atoms with van der Waals surface area (Å²) in [4.78, 5) is 15.6. The smallest absolute Gasteiger partial charge is 0.256 e. The number of nitrogens with zero attached hydrogens (tertiary/aromatic N) is 1. The molecule has 90 valence electrons. The first-order valence-corrected chi connectivity index (χ1v) is 4.98. The Hall–Kier alpha value is -1.98. The van der Waals surface area contributed by atoms with Crippen LogP contribution in [0.5, 0.6) is 0 Å². The zero-order valence-corrected chi connectivity index (χ0v) is 9.34. The maximum absolute atomic E-state index is 13.1. The van der Waals surface area contributed by atoms with Gasteiger partial charge in [0.05, 0.1) is 0 Å². The van der Waals surface area contributed by atoms with E-state index in [0.29, 0.717) is 0 Å². The molecule has 4 nitrogen and oxygen atoms in total. The average molecular weight is 239 g/mol. The summed E-state index contributed by atoms with van der Waals surface area (Å²) in [7, 11) is 1.50. The molecule has 0 saturated carbocycles. The molecule has 1 fully saturated rings. The third kappa shape index (κ3) is 1.86. The van der Waals surface area contributed by atoms with Gasteiger partial charge in [0, 0.05) is 13.1 Å². The minimum absolute atomic E-state index is 0.214. The van der Waals surface area contributed by atoms with Crippen molar-refractivity contribution in [2.45, 2.75) is 12.5 Å². The van der Waals surface area contributed by atoms with Crippen LogP contribution in [0.4, 0.5) is 8.78 Å². The van der Waals surface area contributed by atoms with Crippen LogP contribution in [0.3, 0.4) is 0 Å². The van der Waals surface area contributed by atoms with Crippen molar-refractivity contribution in [3.8, 4) is 0 Å².